The van der Waals surface area contributed by atoms with Gasteiger partial charge in [-0.25, -0.2) is 4.79 Å². The van der Waals surface area contributed by atoms with Gasteiger partial charge >= 0.3 is 6.09 Å². The maximum atomic E-state index is 10.4. The predicted molar refractivity (Wildman–Crippen MR) is 55.1 cm³/mol. The topological polar surface area (TPSA) is 52.3 Å². The standard InChI is InChI=1S/C11H15NO2/c1-8-5-3-4-6-10(8)9(2)7-14-11(12)13/h3-6,9H,7H2,1-2H3,(H2,12,13). The Morgan fingerprint density at radius 2 is 2.14 bits per heavy atom. The van der Waals surface area contributed by atoms with E-state index in [4.69, 9.17) is 10.5 Å². The average molecular weight is 193 g/mol. The number of hydrogen-bond acceptors (Lipinski definition) is 2. The molecule has 0 aliphatic heterocycles. The lowest BCUT2D eigenvalue weighted by molar-refractivity contribution is 0.151. The van der Waals surface area contributed by atoms with Crippen LogP contribution in [0.4, 0.5) is 4.79 Å². The molecule has 1 amide bonds. The Morgan fingerprint density at radius 1 is 1.50 bits per heavy atom. The van der Waals surface area contributed by atoms with Crippen LogP contribution in [0.15, 0.2) is 24.3 Å². The number of aryl methyl sites for hydroxylation is 1. The summed E-state index contributed by atoms with van der Waals surface area (Å²) in [5.41, 5.74) is 7.29. The number of amides is 1. The zero-order chi connectivity index (χ0) is 10.6. The third-order valence-electron chi connectivity index (χ3n) is 2.19. The van der Waals surface area contributed by atoms with Gasteiger partial charge in [-0.2, -0.15) is 0 Å². The summed E-state index contributed by atoms with van der Waals surface area (Å²) in [5.74, 6) is 0.184. The molecule has 0 bridgehead atoms. The zero-order valence-electron chi connectivity index (χ0n) is 8.49. The molecule has 0 aliphatic rings. The van der Waals surface area contributed by atoms with Crippen molar-refractivity contribution < 1.29 is 9.53 Å². The van der Waals surface area contributed by atoms with E-state index in [1.54, 1.807) is 0 Å². The smallest absolute Gasteiger partial charge is 0.404 e. The Morgan fingerprint density at radius 3 is 2.71 bits per heavy atom. The molecule has 1 aromatic carbocycles. The molecule has 0 aliphatic carbocycles. The van der Waals surface area contributed by atoms with Gasteiger partial charge in [0.2, 0.25) is 0 Å². The SMILES string of the molecule is Cc1ccccc1C(C)COC(N)=O. The molecular weight excluding hydrogens is 178 g/mol. The molecule has 1 unspecified atom stereocenters. The van der Waals surface area contributed by atoms with Gasteiger partial charge in [0.05, 0.1) is 6.61 Å². The fraction of sp³-hybridized carbons (Fsp3) is 0.364. The van der Waals surface area contributed by atoms with Crippen LogP contribution >= 0.6 is 0 Å². The first kappa shape index (κ1) is 10.6. The summed E-state index contributed by atoms with van der Waals surface area (Å²) in [6.07, 6.45) is -0.717. The lowest BCUT2D eigenvalue weighted by Crippen LogP contribution is -2.17. The minimum absolute atomic E-state index is 0.184. The van der Waals surface area contributed by atoms with Gasteiger partial charge in [-0.15, -0.1) is 0 Å². The molecule has 0 saturated heterocycles. The van der Waals surface area contributed by atoms with Gasteiger partial charge in [0.15, 0.2) is 0 Å². The molecule has 14 heavy (non-hydrogen) atoms. The largest absolute Gasteiger partial charge is 0.449 e. The quantitative estimate of drug-likeness (QED) is 0.800. The molecule has 0 saturated carbocycles. The van der Waals surface area contributed by atoms with Gasteiger partial charge in [0.1, 0.15) is 0 Å². The monoisotopic (exact) mass is 193 g/mol. The lowest BCUT2D eigenvalue weighted by atomic mass is 9.97. The molecule has 0 aromatic heterocycles. The van der Waals surface area contributed by atoms with E-state index >= 15 is 0 Å². The van der Waals surface area contributed by atoms with Crippen molar-refractivity contribution in [2.24, 2.45) is 5.73 Å². The molecule has 1 aromatic rings. The van der Waals surface area contributed by atoms with E-state index in [0.717, 1.165) is 0 Å². The van der Waals surface area contributed by atoms with Gasteiger partial charge in [-0.05, 0) is 18.1 Å². The van der Waals surface area contributed by atoms with E-state index in [0.29, 0.717) is 6.61 Å². The Kier molecular flexibility index (Phi) is 3.51. The molecule has 0 fully saturated rings. The minimum Gasteiger partial charge on any atom is -0.449 e. The van der Waals surface area contributed by atoms with Gasteiger partial charge in [0, 0.05) is 5.92 Å². The van der Waals surface area contributed by atoms with Crippen LogP contribution in [0.5, 0.6) is 0 Å². The number of carbonyl (C=O) groups is 1. The number of benzene rings is 1. The number of carbonyl (C=O) groups excluding carboxylic acids is 1. The number of hydrogen-bond donors (Lipinski definition) is 1. The first-order valence-electron chi connectivity index (χ1n) is 4.59. The highest BCUT2D eigenvalue weighted by Gasteiger charge is 2.09. The summed E-state index contributed by atoms with van der Waals surface area (Å²) in [4.78, 5) is 10.4. The first-order valence-corrected chi connectivity index (χ1v) is 4.59. The van der Waals surface area contributed by atoms with Gasteiger partial charge in [-0.3, -0.25) is 0 Å². The molecule has 0 radical (unpaired) electrons. The second kappa shape index (κ2) is 4.65. The van der Waals surface area contributed by atoms with Crippen LogP contribution in [0.3, 0.4) is 0 Å². The summed E-state index contributed by atoms with van der Waals surface area (Å²) in [6, 6.07) is 8.03. The Balaban J connectivity index is 2.65. The highest BCUT2D eigenvalue weighted by atomic mass is 16.5. The molecule has 0 heterocycles. The van der Waals surface area contributed by atoms with Crippen LogP contribution in [0.1, 0.15) is 24.0 Å². The number of nitrogens with two attached hydrogens (primary N) is 1. The maximum absolute atomic E-state index is 10.4. The minimum atomic E-state index is -0.717. The summed E-state index contributed by atoms with van der Waals surface area (Å²) in [5, 5.41) is 0. The summed E-state index contributed by atoms with van der Waals surface area (Å²) >= 11 is 0. The van der Waals surface area contributed by atoms with Gasteiger partial charge < -0.3 is 10.5 Å². The van der Waals surface area contributed by atoms with E-state index in [1.807, 2.05) is 38.1 Å². The first-order chi connectivity index (χ1) is 6.61. The summed E-state index contributed by atoms with van der Waals surface area (Å²) in [7, 11) is 0. The third-order valence-corrected chi connectivity index (χ3v) is 2.19. The number of ether oxygens (including phenoxy) is 1. The zero-order valence-corrected chi connectivity index (χ0v) is 8.49. The molecular formula is C11H15NO2. The van der Waals surface area contributed by atoms with Crippen LogP contribution in [0, 0.1) is 6.92 Å². The van der Waals surface area contributed by atoms with Crippen LogP contribution in [0.25, 0.3) is 0 Å². The van der Waals surface area contributed by atoms with Crippen molar-refractivity contribution in [3.8, 4) is 0 Å². The van der Waals surface area contributed by atoms with Crippen molar-refractivity contribution in [3.63, 3.8) is 0 Å². The van der Waals surface area contributed by atoms with Crippen molar-refractivity contribution >= 4 is 6.09 Å². The van der Waals surface area contributed by atoms with E-state index in [2.05, 4.69) is 0 Å². The van der Waals surface area contributed by atoms with E-state index in [-0.39, 0.29) is 5.92 Å². The van der Waals surface area contributed by atoms with E-state index in [1.165, 1.54) is 11.1 Å². The third kappa shape index (κ3) is 2.76. The van der Waals surface area contributed by atoms with Crippen LogP contribution in [0.2, 0.25) is 0 Å². The second-order valence-electron chi connectivity index (χ2n) is 3.39. The predicted octanol–water partition coefficient (Wildman–Crippen LogP) is 2.19. The Hall–Kier alpha value is -1.51. The average Bonchev–Trinajstić information content (AvgIpc) is 2.15. The van der Waals surface area contributed by atoms with E-state index < -0.39 is 6.09 Å². The van der Waals surface area contributed by atoms with Crippen molar-refractivity contribution in [3.05, 3.63) is 35.4 Å². The van der Waals surface area contributed by atoms with Crippen molar-refractivity contribution in [2.75, 3.05) is 6.61 Å². The molecule has 1 rings (SSSR count). The van der Waals surface area contributed by atoms with Gasteiger partial charge in [-0.1, -0.05) is 31.2 Å². The van der Waals surface area contributed by atoms with Crippen LogP contribution in [-0.4, -0.2) is 12.7 Å². The highest BCUT2D eigenvalue weighted by molar-refractivity contribution is 5.64. The van der Waals surface area contributed by atoms with Crippen LogP contribution < -0.4 is 5.73 Å². The van der Waals surface area contributed by atoms with Crippen molar-refractivity contribution in [2.45, 2.75) is 19.8 Å². The number of primary amides is 1. The molecule has 0 spiro atoms. The lowest BCUT2D eigenvalue weighted by Gasteiger charge is -2.13. The fourth-order valence-electron chi connectivity index (χ4n) is 1.44. The normalized spacial score (nSPS) is 12.1. The van der Waals surface area contributed by atoms with E-state index in [9.17, 15) is 4.79 Å². The number of rotatable bonds is 3. The van der Waals surface area contributed by atoms with Crippen LogP contribution in [-0.2, 0) is 4.74 Å². The Bertz CT molecular complexity index is 323. The van der Waals surface area contributed by atoms with Crippen molar-refractivity contribution in [1.82, 2.24) is 0 Å². The molecule has 76 valence electrons. The Labute approximate surface area is 83.9 Å². The highest BCUT2D eigenvalue weighted by Crippen LogP contribution is 2.19. The molecule has 2 N–H and O–H groups in total. The fourth-order valence-corrected chi connectivity index (χ4v) is 1.44. The maximum Gasteiger partial charge on any atom is 0.404 e. The second-order valence-corrected chi connectivity index (χ2v) is 3.39. The summed E-state index contributed by atoms with van der Waals surface area (Å²) < 4.78 is 4.75. The molecule has 3 heteroatoms. The summed E-state index contributed by atoms with van der Waals surface area (Å²) in [6.45, 7) is 4.38. The molecule has 1 atom stereocenters. The van der Waals surface area contributed by atoms with Gasteiger partial charge in [0.25, 0.3) is 0 Å². The molecule has 3 nitrogen and oxygen atoms in total. The van der Waals surface area contributed by atoms with Crippen molar-refractivity contribution in [1.29, 1.82) is 0 Å².